The van der Waals surface area contributed by atoms with Crippen LogP contribution in [0.2, 0.25) is 0 Å². The van der Waals surface area contributed by atoms with Gasteiger partial charge in [-0.15, -0.1) is 0 Å². The average molecular weight is 242 g/mol. The van der Waals surface area contributed by atoms with E-state index in [0.717, 1.165) is 0 Å². The molecular weight excluding hydrogens is 224 g/mol. The summed E-state index contributed by atoms with van der Waals surface area (Å²) in [7, 11) is 1.64. The summed E-state index contributed by atoms with van der Waals surface area (Å²) in [6.45, 7) is 5.36. The number of nitro groups is 1. The van der Waals surface area contributed by atoms with Crippen molar-refractivity contribution in [3.8, 4) is 0 Å². The van der Waals surface area contributed by atoms with Crippen LogP contribution in [0.3, 0.4) is 0 Å². The molecule has 0 bridgehead atoms. The molecule has 0 spiro atoms. The maximum Gasteiger partial charge on any atom is 0.334 e. The minimum absolute atomic E-state index is 0.0113. The van der Waals surface area contributed by atoms with E-state index in [2.05, 4.69) is 10.4 Å². The van der Waals surface area contributed by atoms with Gasteiger partial charge in [-0.1, -0.05) is 13.8 Å². The third-order valence-electron chi connectivity index (χ3n) is 2.43. The largest absolute Gasteiger partial charge is 0.394 e. The molecule has 0 saturated heterocycles. The highest BCUT2D eigenvalue weighted by Crippen LogP contribution is 2.32. The lowest BCUT2D eigenvalue weighted by atomic mass is 10.1. The number of aryl methyl sites for hydroxylation is 1. The third kappa shape index (κ3) is 2.73. The Hall–Kier alpha value is -1.63. The zero-order chi connectivity index (χ0) is 13.2. The lowest BCUT2D eigenvalue weighted by molar-refractivity contribution is -0.384. The summed E-state index contributed by atoms with van der Waals surface area (Å²) in [5, 5.41) is 27.1. The van der Waals surface area contributed by atoms with Crippen molar-refractivity contribution < 1.29 is 10.0 Å². The van der Waals surface area contributed by atoms with Gasteiger partial charge in [0.2, 0.25) is 5.82 Å². The van der Waals surface area contributed by atoms with Gasteiger partial charge < -0.3 is 10.4 Å². The van der Waals surface area contributed by atoms with E-state index in [1.54, 1.807) is 14.0 Å². The van der Waals surface area contributed by atoms with Crippen molar-refractivity contribution in [2.45, 2.75) is 32.7 Å². The van der Waals surface area contributed by atoms with Crippen molar-refractivity contribution in [2.75, 3.05) is 11.9 Å². The van der Waals surface area contributed by atoms with Crippen molar-refractivity contribution in [1.82, 2.24) is 9.78 Å². The minimum Gasteiger partial charge on any atom is -0.394 e. The van der Waals surface area contributed by atoms with Gasteiger partial charge in [0.15, 0.2) is 0 Å². The topological polar surface area (TPSA) is 93.2 Å². The molecule has 1 heterocycles. The highest BCUT2D eigenvalue weighted by molar-refractivity contribution is 5.61. The second-order valence-electron chi connectivity index (χ2n) is 4.35. The molecule has 7 heteroatoms. The van der Waals surface area contributed by atoms with Gasteiger partial charge in [-0.25, -0.2) is 4.68 Å². The molecule has 0 amide bonds. The van der Waals surface area contributed by atoms with Crippen LogP contribution in [0.4, 0.5) is 11.5 Å². The summed E-state index contributed by atoms with van der Waals surface area (Å²) < 4.78 is 1.44. The fourth-order valence-corrected chi connectivity index (χ4v) is 1.54. The lowest BCUT2D eigenvalue weighted by Gasteiger charge is -2.11. The Kier molecular flexibility index (Phi) is 4.06. The predicted molar refractivity (Wildman–Crippen MR) is 64.1 cm³/mol. The molecule has 7 nitrogen and oxygen atoms in total. The average Bonchev–Trinajstić information content (AvgIpc) is 2.56. The van der Waals surface area contributed by atoms with E-state index < -0.39 is 4.92 Å². The van der Waals surface area contributed by atoms with Gasteiger partial charge in [-0.05, 0) is 6.92 Å². The molecule has 0 aliphatic carbocycles. The van der Waals surface area contributed by atoms with Gasteiger partial charge in [0.1, 0.15) is 5.69 Å². The van der Waals surface area contributed by atoms with E-state index in [4.69, 9.17) is 5.11 Å². The molecule has 0 aromatic carbocycles. The first-order valence-corrected chi connectivity index (χ1v) is 5.47. The Balaban J connectivity index is 3.23. The minimum atomic E-state index is -0.436. The molecule has 0 aliphatic heterocycles. The predicted octanol–water partition coefficient (Wildman–Crippen LogP) is 1.24. The van der Waals surface area contributed by atoms with Crippen LogP contribution in [0.15, 0.2) is 0 Å². The number of rotatable bonds is 5. The van der Waals surface area contributed by atoms with E-state index in [1.165, 1.54) is 4.68 Å². The Bertz CT molecular complexity index is 414. The molecule has 1 unspecified atom stereocenters. The van der Waals surface area contributed by atoms with Crippen LogP contribution in [0.1, 0.15) is 32.4 Å². The van der Waals surface area contributed by atoms with Crippen molar-refractivity contribution in [3.05, 3.63) is 15.8 Å². The molecule has 0 saturated carbocycles. The van der Waals surface area contributed by atoms with Gasteiger partial charge in [-0.3, -0.25) is 10.1 Å². The molecule has 1 rings (SSSR count). The zero-order valence-electron chi connectivity index (χ0n) is 10.5. The van der Waals surface area contributed by atoms with Crippen LogP contribution >= 0.6 is 0 Å². The maximum atomic E-state index is 11.1. The maximum absolute atomic E-state index is 11.1. The molecular formula is C10H18N4O3. The van der Waals surface area contributed by atoms with Gasteiger partial charge in [0.25, 0.3) is 0 Å². The summed E-state index contributed by atoms with van der Waals surface area (Å²) in [4.78, 5) is 10.6. The quantitative estimate of drug-likeness (QED) is 0.598. The number of hydrogen-bond donors (Lipinski definition) is 2. The summed E-state index contributed by atoms with van der Waals surface area (Å²) in [5.74, 6) is 0.307. The van der Waals surface area contributed by atoms with Crippen LogP contribution in [-0.4, -0.2) is 32.5 Å². The molecule has 0 aliphatic rings. The monoisotopic (exact) mass is 242 g/mol. The second-order valence-corrected chi connectivity index (χ2v) is 4.35. The van der Waals surface area contributed by atoms with Crippen molar-refractivity contribution in [3.63, 3.8) is 0 Å². The molecule has 1 aromatic rings. The van der Waals surface area contributed by atoms with Crippen LogP contribution in [-0.2, 0) is 7.05 Å². The summed E-state index contributed by atoms with van der Waals surface area (Å²) in [5.41, 5.74) is 0.438. The molecule has 17 heavy (non-hydrogen) atoms. The molecule has 1 atom stereocenters. The standard InChI is InChI=1S/C10H18N4O3/c1-6(2)8-9(14(16)17)10(13(4)12-8)11-7(3)5-15/h6-7,11,15H,5H2,1-4H3. The van der Waals surface area contributed by atoms with E-state index >= 15 is 0 Å². The fourth-order valence-electron chi connectivity index (χ4n) is 1.54. The van der Waals surface area contributed by atoms with E-state index in [9.17, 15) is 10.1 Å². The van der Waals surface area contributed by atoms with Crippen LogP contribution in [0.25, 0.3) is 0 Å². The third-order valence-corrected chi connectivity index (χ3v) is 2.43. The first kappa shape index (κ1) is 13.4. The molecule has 0 fully saturated rings. The van der Waals surface area contributed by atoms with Gasteiger partial charge in [0, 0.05) is 19.0 Å². The molecule has 0 radical (unpaired) electrons. The normalized spacial score (nSPS) is 12.8. The number of nitrogens with one attached hydrogen (secondary N) is 1. The smallest absolute Gasteiger partial charge is 0.334 e. The van der Waals surface area contributed by atoms with Crippen LogP contribution in [0.5, 0.6) is 0 Å². The zero-order valence-corrected chi connectivity index (χ0v) is 10.5. The highest BCUT2D eigenvalue weighted by Gasteiger charge is 2.28. The Labute approximate surface area is 99.6 Å². The number of aromatic nitrogens is 2. The van der Waals surface area contributed by atoms with E-state index in [-0.39, 0.29) is 24.3 Å². The Morgan fingerprint density at radius 3 is 2.53 bits per heavy atom. The lowest BCUT2D eigenvalue weighted by Crippen LogP contribution is -2.21. The molecule has 1 aromatic heterocycles. The van der Waals surface area contributed by atoms with Crippen LogP contribution < -0.4 is 5.32 Å². The molecule has 2 N–H and O–H groups in total. The molecule has 96 valence electrons. The number of hydrogen-bond acceptors (Lipinski definition) is 5. The van der Waals surface area contributed by atoms with Crippen molar-refractivity contribution >= 4 is 11.5 Å². The number of aliphatic hydroxyl groups is 1. The van der Waals surface area contributed by atoms with E-state index in [0.29, 0.717) is 11.5 Å². The van der Waals surface area contributed by atoms with Gasteiger partial charge in [0.05, 0.1) is 11.5 Å². The Morgan fingerprint density at radius 2 is 2.12 bits per heavy atom. The summed E-state index contributed by atoms with van der Waals surface area (Å²) in [6, 6.07) is -0.260. The summed E-state index contributed by atoms with van der Waals surface area (Å²) >= 11 is 0. The number of aliphatic hydroxyl groups excluding tert-OH is 1. The van der Waals surface area contributed by atoms with Gasteiger partial charge >= 0.3 is 5.69 Å². The fraction of sp³-hybridized carbons (Fsp3) is 0.700. The van der Waals surface area contributed by atoms with E-state index in [1.807, 2.05) is 13.8 Å². The van der Waals surface area contributed by atoms with Crippen LogP contribution in [0, 0.1) is 10.1 Å². The Morgan fingerprint density at radius 1 is 1.53 bits per heavy atom. The first-order valence-electron chi connectivity index (χ1n) is 5.47. The first-order chi connectivity index (χ1) is 7.88. The summed E-state index contributed by atoms with van der Waals surface area (Å²) in [6.07, 6.45) is 0. The SMILES string of the molecule is CC(CO)Nc1c([N+](=O)[O-])c(C(C)C)nn1C. The van der Waals surface area contributed by atoms with Crippen molar-refractivity contribution in [1.29, 1.82) is 0 Å². The van der Waals surface area contributed by atoms with Crippen molar-refractivity contribution in [2.24, 2.45) is 7.05 Å². The highest BCUT2D eigenvalue weighted by atomic mass is 16.6. The number of nitrogens with zero attached hydrogens (tertiary/aromatic N) is 3. The van der Waals surface area contributed by atoms with Gasteiger partial charge in [-0.2, -0.15) is 5.10 Å². The second kappa shape index (κ2) is 5.13. The number of anilines is 1.